The van der Waals surface area contributed by atoms with Crippen LogP contribution >= 0.6 is 11.6 Å². The highest BCUT2D eigenvalue weighted by Gasteiger charge is 2.37. The first-order chi connectivity index (χ1) is 9.46. The lowest BCUT2D eigenvalue weighted by Gasteiger charge is -2.36. The van der Waals surface area contributed by atoms with Crippen LogP contribution < -0.4 is 9.47 Å². The van der Waals surface area contributed by atoms with E-state index in [9.17, 15) is 5.21 Å². The van der Waals surface area contributed by atoms with E-state index in [-0.39, 0.29) is 11.5 Å². The van der Waals surface area contributed by atoms with Gasteiger partial charge in [0.1, 0.15) is 11.4 Å². The molecule has 1 aliphatic rings. The van der Waals surface area contributed by atoms with Gasteiger partial charge < -0.3 is 9.94 Å². The van der Waals surface area contributed by atoms with Crippen LogP contribution in [0.2, 0.25) is 5.02 Å². The largest absolute Gasteiger partial charge is 0.618 e. The first-order valence-electron chi connectivity index (χ1n) is 6.63. The molecule has 0 bridgehead atoms. The van der Waals surface area contributed by atoms with Crippen molar-refractivity contribution in [1.29, 1.82) is 0 Å². The Morgan fingerprint density at radius 3 is 2.85 bits per heavy atom. The molecule has 1 unspecified atom stereocenters. The van der Waals surface area contributed by atoms with E-state index in [1.54, 1.807) is 6.07 Å². The Morgan fingerprint density at radius 1 is 1.30 bits per heavy atom. The molecule has 2 heterocycles. The fourth-order valence-corrected chi connectivity index (χ4v) is 2.98. The molecule has 0 spiro atoms. The predicted molar refractivity (Wildman–Crippen MR) is 78.0 cm³/mol. The first-order valence-corrected chi connectivity index (χ1v) is 7.01. The average Bonchev–Trinajstić information content (AvgIpc) is 2.38. The number of fused-ring (bicyclic) bond motifs is 1. The van der Waals surface area contributed by atoms with E-state index in [0.29, 0.717) is 5.02 Å². The van der Waals surface area contributed by atoms with Gasteiger partial charge in [-0.05, 0) is 38.1 Å². The molecular formula is C16H16ClNO2. The number of halogens is 1. The Hall–Kier alpha value is -1.74. The Balaban J connectivity index is 2.16. The summed E-state index contributed by atoms with van der Waals surface area (Å²) in [7, 11) is 0. The molecule has 1 aliphatic heterocycles. The number of benzene rings is 1. The molecule has 1 atom stereocenters. The maximum absolute atomic E-state index is 12.1. The number of aromatic nitrogens is 1. The van der Waals surface area contributed by atoms with Crippen LogP contribution in [0, 0.1) is 5.21 Å². The number of rotatable bonds is 1. The molecule has 0 N–H and O–H groups in total. The highest BCUT2D eigenvalue weighted by atomic mass is 35.5. The molecule has 104 valence electrons. The lowest BCUT2D eigenvalue weighted by atomic mass is 9.82. The quantitative estimate of drug-likeness (QED) is 0.593. The van der Waals surface area contributed by atoms with Crippen LogP contribution in [0.5, 0.6) is 5.75 Å². The molecule has 0 aliphatic carbocycles. The van der Waals surface area contributed by atoms with E-state index in [1.807, 2.05) is 44.2 Å². The third-order valence-corrected chi connectivity index (χ3v) is 3.88. The van der Waals surface area contributed by atoms with Crippen LogP contribution in [0.3, 0.4) is 0 Å². The summed E-state index contributed by atoms with van der Waals surface area (Å²) in [4.78, 5) is 0. The summed E-state index contributed by atoms with van der Waals surface area (Å²) in [6.07, 6.45) is 2.27. The Morgan fingerprint density at radius 2 is 2.10 bits per heavy atom. The molecule has 3 rings (SSSR count). The summed E-state index contributed by atoms with van der Waals surface area (Å²) in [6, 6.07) is 11.1. The molecule has 0 radical (unpaired) electrons. The summed E-state index contributed by atoms with van der Waals surface area (Å²) >= 11 is 6.10. The van der Waals surface area contributed by atoms with Crippen LogP contribution in [0.25, 0.3) is 0 Å². The molecule has 20 heavy (non-hydrogen) atoms. The zero-order valence-electron chi connectivity index (χ0n) is 11.5. The molecular weight excluding hydrogens is 274 g/mol. The highest BCUT2D eigenvalue weighted by molar-refractivity contribution is 6.30. The summed E-state index contributed by atoms with van der Waals surface area (Å²) in [5.41, 5.74) is 1.40. The minimum absolute atomic E-state index is 0.00819. The van der Waals surface area contributed by atoms with Gasteiger partial charge >= 0.3 is 0 Å². The first kappa shape index (κ1) is 13.3. The molecule has 4 heteroatoms. The predicted octanol–water partition coefficient (Wildman–Crippen LogP) is 3.67. The highest BCUT2D eigenvalue weighted by Crippen LogP contribution is 2.44. The van der Waals surface area contributed by atoms with Crippen LogP contribution in [-0.4, -0.2) is 5.60 Å². The zero-order chi connectivity index (χ0) is 14.3. The third kappa shape index (κ3) is 2.34. The second kappa shape index (κ2) is 4.67. The van der Waals surface area contributed by atoms with Gasteiger partial charge in [0.2, 0.25) is 5.69 Å². The van der Waals surface area contributed by atoms with Crippen molar-refractivity contribution in [3.05, 3.63) is 64.1 Å². The lowest BCUT2D eigenvalue weighted by Crippen LogP contribution is -2.40. The van der Waals surface area contributed by atoms with E-state index in [4.69, 9.17) is 16.3 Å². The van der Waals surface area contributed by atoms with Crippen molar-refractivity contribution in [2.45, 2.75) is 31.8 Å². The Bertz CT molecular complexity index is 655. The van der Waals surface area contributed by atoms with Gasteiger partial charge in [-0.1, -0.05) is 11.6 Å². The normalized spacial score (nSPS) is 20.1. The van der Waals surface area contributed by atoms with Crippen molar-refractivity contribution >= 4 is 11.6 Å². The number of hydrogen-bond donors (Lipinski definition) is 0. The van der Waals surface area contributed by atoms with Crippen molar-refractivity contribution < 1.29 is 9.47 Å². The fraction of sp³-hybridized carbons (Fsp3) is 0.312. The van der Waals surface area contributed by atoms with Gasteiger partial charge in [-0.25, -0.2) is 0 Å². The van der Waals surface area contributed by atoms with Crippen molar-refractivity contribution in [2.24, 2.45) is 0 Å². The standard InChI is InChI=1S/C16H16ClNO2/c1-16(2)10-13(14-5-3-4-8-18(14)19)12-9-11(17)6-7-15(12)20-16/h3-9,13H,10H2,1-2H3. The molecule has 2 aromatic rings. The summed E-state index contributed by atoms with van der Waals surface area (Å²) in [5, 5.41) is 12.7. The van der Waals surface area contributed by atoms with Gasteiger partial charge in [0.05, 0.1) is 5.92 Å². The third-order valence-electron chi connectivity index (χ3n) is 3.64. The minimum atomic E-state index is -0.311. The van der Waals surface area contributed by atoms with E-state index >= 15 is 0 Å². The Kier molecular flexibility index (Phi) is 3.09. The summed E-state index contributed by atoms with van der Waals surface area (Å²) < 4.78 is 6.92. The number of hydrogen-bond acceptors (Lipinski definition) is 2. The molecule has 1 aromatic carbocycles. The van der Waals surface area contributed by atoms with E-state index in [0.717, 1.165) is 28.2 Å². The molecule has 0 amide bonds. The van der Waals surface area contributed by atoms with E-state index < -0.39 is 0 Å². The number of ether oxygens (including phenoxy) is 1. The van der Waals surface area contributed by atoms with Gasteiger partial charge in [-0.3, -0.25) is 0 Å². The molecule has 3 nitrogen and oxygen atoms in total. The molecule has 0 saturated heterocycles. The van der Waals surface area contributed by atoms with Gasteiger partial charge in [0.25, 0.3) is 0 Å². The van der Waals surface area contributed by atoms with Gasteiger partial charge in [-0.15, -0.1) is 0 Å². The van der Waals surface area contributed by atoms with Gasteiger partial charge in [-0.2, -0.15) is 4.73 Å². The van der Waals surface area contributed by atoms with Crippen molar-refractivity contribution in [1.82, 2.24) is 0 Å². The number of nitrogens with zero attached hydrogens (tertiary/aromatic N) is 1. The summed E-state index contributed by atoms with van der Waals surface area (Å²) in [6.45, 7) is 4.07. The topological polar surface area (TPSA) is 36.2 Å². The Labute approximate surface area is 123 Å². The van der Waals surface area contributed by atoms with Crippen molar-refractivity contribution in [3.8, 4) is 5.75 Å². The van der Waals surface area contributed by atoms with Gasteiger partial charge in [0, 0.05) is 29.1 Å². The number of pyridine rings is 1. The minimum Gasteiger partial charge on any atom is -0.618 e. The van der Waals surface area contributed by atoms with Crippen LogP contribution in [0.15, 0.2) is 42.6 Å². The maximum atomic E-state index is 12.1. The van der Waals surface area contributed by atoms with Crippen molar-refractivity contribution in [2.75, 3.05) is 0 Å². The maximum Gasteiger partial charge on any atom is 0.200 e. The average molecular weight is 290 g/mol. The van der Waals surface area contributed by atoms with Crippen LogP contribution in [-0.2, 0) is 0 Å². The van der Waals surface area contributed by atoms with Crippen LogP contribution in [0.1, 0.15) is 37.4 Å². The summed E-state index contributed by atoms with van der Waals surface area (Å²) in [5.74, 6) is 0.797. The SMILES string of the molecule is CC1(C)CC(c2cccc[n+]2[O-])c2cc(Cl)ccc2O1. The molecule has 0 saturated carbocycles. The molecule has 1 aromatic heterocycles. The van der Waals surface area contributed by atoms with E-state index in [1.165, 1.54) is 6.20 Å². The second-order valence-electron chi connectivity index (χ2n) is 5.75. The lowest BCUT2D eigenvalue weighted by molar-refractivity contribution is -0.615. The van der Waals surface area contributed by atoms with Gasteiger partial charge in [0.15, 0.2) is 6.20 Å². The second-order valence-corrected chi connectivity index (χ2v) is 6.19. The molecule has 0 fully saturated rings. The van der Waals surface area contributed by atoms with Crippen LogP contribution in [0.4, 0.5) is 0 Å². The van der Waals surface area contributed by atoms with E-state index in [2.05, 4.69) is 0 Å². The smallest absolute Gasteiger partial charge is 0.200 e. The zero-order valence-corrected chi connectivity index (χ0v) is 12.2. The fourth-order valence-electron chi connectivity index (χ4n) is 2.80. The van der Waals surface area contributed by atoms with Crippen molar-refractivity contribution in [3.63, 3.8) is 0 Å². The monoisotopic (exact) mass is 289 g/mol.